The van der Waals surface area contributed by atoms with Crippen LogP contribution in [0.15, 0.2) is 30.3 Å². The maximum Gasteiger partial charge on any atom is 0.225 e. The number of nitrogens with one attached hydrogen (secondary N) is 2. The summed E-state index contributed by atoms with van der Waals surface area (Å²) in [6.07, 6.45) is 8.15. The highest BCUT2D eigenvalue weighted by molar-refractivity contribution is 5.89. The lowest BCUT2D eigenvalue weighted by molar-refractivity contribution is -0.129. The van der Waals surface area contributed by atoms with E-state index in [1.54, 1.807) is 4.90 Å². The van der Waals surface area contributed by atoms with Gasteiger partial charge in [0.1, 0.15) is 0 Å². The molecule has 3 rings (SSSR count). The average molecular weight is 394 g/mol. The summed E-state index contributed by atoms with van der Waals surface area (Å²) in [6, 6.07) is 10.5. The minimum atomic E-state index is -0.218. The second-order valence-corrected chi connectivity index (χ2v) is 7.59. The van der Waals surface area contributed by atoms with Crippen LogP contribution in [0.5, 0.6) is 0 Å². The van der Waals surface area contributed by atoms with Gasteiger partial charge in [0.2, 0.25) is 11.8 Å². The standard InChI is InChI=1S/C21H31N3O2.ClH/c25-20-14-18(16-24(20)15-17-8-4-3-5-9-17)21(26)23-13-12-22-19-10-6-1-2-7-11-19;/h3-5,8-9,18-19,22H,1-2,6-7,10-16H2,(H,23,26);1H. The molecule has 2 N–H and O–H groups in total. The molecule has 1 heterocycles. The van der Waals surface area contributed by atoms with Gasteiger partial charge in [-0.05, 0) is 18.4 Å². The fourth-order valence-corrected chi connectivity index (χ4v) is 3.99. The molecule has 2 aliphatic rings. The molecule has 1 saturated heterocycles. The van der Waals surface area contributed by atoms with E-state index < -0.39 is 0 Å². The highest BCUT2D eigenvalue weighted by atomic mass is 35.5. The molecule has 150 valence electrons. The molecule has 0 radical (unpaired) electrons. The van der Waals surface area contributed by atoms with Crippen molar-refractivity contribution in [2.45, 2.75) is 57.5 Å². The van der Waals surface area contributed by atoms with Gasteiger partial charge in [0.05, 0.1) is 5.92 Å². The summed E-state index contributed by atoms with van der Waals surface area (Å²) < 4.78 is 0. The summed E-state index contributed by atoms with van der Waals surface area (Å²) in [5, 5.41) is 6.57. The van der Waals surface area contributed by atoms with Crippen molar-refractivity contribution in [3.63, 3.8) is 0 Å². The quantitative estimate of drug-likeness (QED) is 0.553. The van der Waals surface area contributed by atoms with Gasteiger partial charge in [-0.25, -0.2) is 0 Å². The van der Waals surface area contributed by atoms with Crippen LogP contribution in [0, 0.1) is 5.92 Å². The second kappa shape index (κ2) is 11.3. The van der Waals surface area contributed by atoms with Crippen LogP contribution in [0.25, 0.3) is 0 Å². The van der Waals surface area contributed by atoms with Crippen LogP contribution in [0.3, 0.4) is 0 Å². The maximum atomic E-state index is 12.4. The maximum absolute atomic E-state index is 12.4. The van der Waals surface area contributed by atoms with Crippen LogP contribution in [0.2, 0.25) is 0 Å². The predicted octanol–water partition coefficient (Wildman–Crippen LogP) is 2.89. The van der Waals surface area contributed by atoms with Crippen molar-refractivity contribution in [1.82, 2.24) is 15.5 Å². The van der Waals surface area contributed by atoms with E-state index in [1.165, 1.54) is 38.5 Å². The van der Waals surface area contributed by atoms with Crippen LogP contribution in [-0.2, 0) is 16.1 Å². The van der Waals surface area contributed by atoms with Gasteiger partial charge in [-0.15, -0.1) is 12.4 Å². The molecule has 2 amide bonds. The molecule has 5 nitrogen and oxygen atoms in total. The minimum absolute atomic E-state index is 0. The predicted molar refractivity (Wildman–Crippen MR) is 110 cm³/mol. The largest absolute Gasteiger partial charge is 0.355 e. The van der Waals surface area contributed by atoms with Gasteiger partial charge < -0.3 is 15.5 Å². The molecule has 1 atom stereocenters. The fourth-order valence-electron chi connectivity index (χ4n) is 3.99. The number of carbonyl (C=O) groups excluding carboxylic acids is 2. The Balaban J connectivity index is 0.00000261. The zero-order valence-corrected chi connectivity index (χ0v) is 16.8. The molecule has 1 aliphatic carbocycles. The van der Waals surface area contributed by atoms with Crippen molar-refractivity contribution in [2.24, 2.45) is 5.92 Å². The summed E-state index contributed by atoms with van der Waals surface area (Å²) in [7, 11) is 0. The van der Waals surface area contributed by atoms with Gasteiger partial charge in [-0.3, -0.25) is 9.59 Å². The van der Waals surface area contributed by atoms with E-state index in [4.69, 9.17) is 0 Å². The van der Waals surface area contributed by atoms with E-state index in [0.29, 0.717) is 32.1 Å². The summed E-state index contributed by atoms with van der Waals surface area (Å²) in [6.45, 7) is 2.56. The summed E-state index contributed by atoms with van der Waals surface area (Å²) >= 11 is 0. The molecule has 1 saturated carbocycles. The first-order valence-electron chi connectivity index (χ1n) is 10.0. The first-order chi connectivity index (χ1) is 12.7. The Labute approximate surface area is 168 Å². The van der Waals surface area contributed by atoms with Gasteiger partial charge in [0.25, 0.3) is 0 Å². The van der Waals surface area contributed by atoms with E-state index in [-0.39, 0.29) is 30.1 Å². The van der Waals surface area contributed by atoms with E-state index in [9.17, 15) is 9.59 Å². The highest BCUT2D eigenvalue weighted by Crippen LogP contribution is 2.20. The number of benzene rings is 1. The Kier molecular flexibility index (Phi) is 9.08. The van der Waals surface area contributed by atoms with Crippen molar-refractivity contribution in [1.29, 1.82) is 0 Å². The van der Waals surface area contributed by atoms with Crippen molar-refractivity contribution >= 4 is 24.2 Å². The van der Waals surface area contributed by atoms with Crippen LogP contribution < -0.4 is 10.6 Å². The van der Waals surface area contributed by atoms with E-state index in [2.05, 4.69) is 10.6 Å². The zero-order valence-electron chi connectivity index (χ0n) is 16.0. The molecular formula is C21H32ClN3O2. The first kappa shape index (κ1) is 21.7. The number of rotatable bonds is 7. The lowest BCUT2D eigenvalue weighted by atomic mass is 10.1. The average Bonchev–Trinajstić information content (AvgIpc) is 2.85. The van der Waals surface area contributed by atoms with Crippen LogP contribution in [0.1, 0.15) is 50.5 Å². The van der Waals surface area contributed by atoms with Gasteiger partial charge in [0.15, 0.2) is 0 Å². The third kappa shape index (κ3) is 6.82. The number of halogens is 1. The number of likely N-dealkylation sites (tertiary alicyclic amines) is 1. The van der Waals surface area contributed by atoms with Crippen LogP contribution in [0.4, 0.5) is 0 Å². The Morgan fingerprint density at radius 3 is 2.44 bits per heavy atom. The molecule has 2 fully saturated rings. The molecule has 6 heteroatoms. The van der Waals surface area contributed by atoms with Crippen molar-refractivity contribution in [3.8, 4) is 0 Å². The first-order valence-corrected chi connectivity index (χ1v) is 10.0. The number of hydrogen-bond acceptors (Lipinski definition) is 3. The van der Waals surface area contributed by atoms with Gasteiger partial charge in [-0.1, -0.05) is 56.0 Å². The number of amides is 2. The molecule has 1 aliphatic heterocycles. The fraction of sp³-hybridized carbons (Fsp3) is 0.619. The third-order valence-electron chi connectivity index (χ3n) is 5.51. The van der Waals surface area contributed by atoms with Crippen LogP contribution >= 0.6 is 12.4 Å². The van der Waals surface area contributed by atoms with E-state index in [0.717, 1.165) is 12.1 Å². The normalized spacial score (nSPS) is 20.8. The summed E-state index contributed by atoms with van der Waals surface area (Å²) in [5.74, 6) is -0.133. The molecule has 0 spiro atoms. The van der Waals surface area contributed by atoms with Crippen molar-refractivity contribution in [3.05, 3.63) is 35.9 Å². The summed E-state index contributed by atoms with van der Waals surface area (Å²) in [5.41, 5.74) is 1.11. The second-order valence-electron chi connectivity index (χ2n) is 7.59. The van der Waals surface area contributed by atoms with Gasteiger partial charge in [-0.2, -0.15) is 0 Å². The molecular weight excluding hydrogens is 362 g/mol. The monoisotopic (exact) mass is 393 g/mol. The number of carbonyl (C=O) groups is 2. The third-order valence-corrected chi connectivity index (χ3v) is 5.51. The number of nitrogens with zero attached hydrogens (tertiary/aromatic N) is 1. The molecule has 0 bridgehead atoms. The molecule has 1 unspecified atom stereocenters. The van der Waals surface area contributed by atoms with Gasteiger partial charge in [0, 0.05) is 38.6 Å². The topological polar surface area (TPSA) is 61.4 Å². The number of hydrogen-bond donors (Lipinski definition) is 2. The molecule has 27 heavy (non-hydrogen) atoms. The minimum Gasteiger partial charge on any atom is -0.355 e. The van der Waals surface area contributed by atoms with E-state index >= 15 is 0 Å². The smallest absolute Gasteiger partial charge is 0.225 e. The van der Waals surface area contributed by atoms with Gasteiger partial charge >= 0.3 is 0 Å². The van der Waals surface area contributed by atoms with E-state index in [1.807, 2.05) is 30.3 Å². The Morgan fingerprint density at radius 2 is 1.74 bits per heavy atom. The SMILES string of the molecule is Cl.O=C(NCCNC1CCCCCC1)C1CC(=O)N(Cc2ccccc2)C1. The lowest BCUT2D eigenvalue weighted by Gasteiger charge is -2.18. The summed E-state index contributed by atoms with van der Waals surface area (Å²) in [4.78, 5) is 26.4. The Hall–Kier alpha value is -1.59. The Bertz CT molecular complexity index is 588. The molecule has 1 aromatic carbocycles. The highest BCUT2D eigenvalue weighted by Gasteiger charge is 2.33. The van der Waals surface area contributed by atoms with Crippen LogP contribution in [-0.4, -0.2) is 42.4 Å². The van der Waals surface area contributed by atoms with Crippen molar-refractivity contribution < 1.29 is 9.59 Å². The molecule has 0 aromatic heterocycles. The lowest BCUT2D eigenvalue weighted by Crippen LogP contribution is -2.39. The zero-order chi connectivity index (χ0) is 18.2. The molecule has 1 aromatic rings. The van der Waals surface area contributed by atoms with Crippen molar-refractivity contribution in [2.75, 3.05) is 19.6 Å². The Morgan fingerprint density at radius 1 is 1.04 bits per heavy atom.